The molecule has 0 fully saturated rings. The molecule has 0 unspecified atom stereocenters. The van der Waals surface area contributed by atoms with E-state index in [-0.39, 0.29) is 17.7 Å². The third-order valence-electron chi connectivity index (χ3n) is 1.97. The number of guanidine groups is 2. The van der Waals surface area contributed by atoms with Crippen molar-refractivity contribution in [3.8, 4) is 0 Å². The van der Waals surface area contributed by atoms with Crippen LogP contribution in [0.2, 0.25) is 0 Å². The predicted octanol–water partition coefficient (Wildman–Crippen LogP) is -2.70. The van der Waals surface area contributed by atoms with Gasteiger partial charge in [0, 0.05) is 20.2 Å². The van der Waals surface area contributed by atoms with Crippen LogP contribution in [0.1, 0.15) is 0 Å². The van der Waals surface area contributed by atoms with Crippen LogP contribution < -0.4 is 28.5 Å². The van der Waals surface area contributed by atoms with Crippen molar-refractivity contribution in [1.82, 2.24) is 9.13 Å². The highest BCUT2D eigenvalue weighted by Crippen LogP contribution is 2.03. The van der Waals surface area contributed by atoms with Gasteiger partial charge in [0.05, 0.1) is 0 Å². The van der Waals surface area contributed by atoms with E-state index < -0.39 is 11.2 Å². The van der Waals surface area contributed by atoms with E-state index in [0.717, 1.165) is 15.2 Å². The minimum Gasteiger partial charge on any atom is -0.370 e. The number of hydrogen-bond donors (Lipinski definition) is 3. The molecule has 0 atom stereocenters. The summed E-state index contributed by atoms with van der Waals surface area (Å²) in [7, 11) is 2.81. The normalized spacial score (nSPS) is 11.3. The Morgan fingerprint density at radius 3 is 2.29 bits per heavy atom. The first-order valence-corrected chi connectivity index (χ1v) is 4.53. The molecule has 0 amide bonds. The molecule has 9 nitrogen and oxygen atoms in total. The summed E-state index contributed by atoms with van der Waals surface area (Å²) in [5.74, 6) is -0.436. The van der Waals surface area contributed by atoms with E-state index in [9.17, 15) is 9.59 Å². The zero-order valence-corrected chi connectivity index (χ0v) is 9.41. The van der Waals surface area contributed by atoms with Crippen molar-refractivity contribution in [1.29, 1.82) is 0 Å². The van der Waals surface area contributed by atoms with Gasteiger partial charge < -0.3 is 17.2 Å². The summed E-state index contributed by atoms with van der Waals surface area (Å²) in [4.78, 5) is 30.1. The quantitative estimate of drug-likeness (QED) is 0.360. The van der Waals surface area contributed by atoms with Gasteiger partial charge in [-0.05, 0) is 0 Å². The lowest BCUT2D eigenvalue weighted by molar-refractivity contribution is 0.689. The zero-order valence-electron chi connectivity index (χ0n) is 9.41. The fraction of sp³-hybridized carbons (Fsp3) is 0.250. The van der Waals surface area contributed by atoms with Crippen LogP contribution in [0.3, 0.4) is 0 Å². The second kappa shape index (κ2) is 4.51. The maximum absolute atomic E-state index is 11.5. The second-order valence-corrected chi connectivity index (χ2v) is 3.25. The van der Waals surface area contributed by atoms with Gasteiger partial charge in [-0.15, -0.1) is 0 Å². The van der Waals surface area contributed by atoms with Crippen molar-refractivity contribution in [3.05, 3.63) is 26.9 Å². The lowest BCUT2D eigenvalue weighted by atomic mass is 10.5. The molecule has 1 aromatic rings. The third kappa shape index (κ3) is 2.71. The summed E-state index contributed by atoms with van der Waals surface area (Å²) in [6.45, 7) is 0. The number of nitrogens with two attached hydrogens (primary N) is 3. The molecular weight excluding hydrogens is 226 g/mol. The average molecular weight is 239 g/mol. The van der Waals surface area contributed by atoms with Crippen molar-refractivity contribution in [2.45, 2.75) is 0 Å². The van der Waals surface area contributed by atoms with Crippen LogP contribution in [-0.2, 0) is 14.1 Å². The van der Waals surface area contributed by atoms with Gasteiger partial charge in [0.15, 0.2) is 5.96 Å². The van der Waals surface area contributed by atoms with Gasteiger partial charge in [-0.2, -0.15) is 9.98 Å². The molecule has 0 saturated heterocycles. The van der Waals surface area contributed by atoms with Crippen LogP contribution in [0, 0.1) is 0 Å². The van der Waals surface area contributed by atoms with Crippen LogP contribution in [0.15, 0.2) is 25.6 Å². The molecule has 0 saturated carbocycles. The number of aliphatic imine (C=N–C) groups is 2. The van der Waals surface area contributed by atoms with E-state index in [0.29, 0.717) is 0 Å². The van der Waals surface area contributed by atoms with E-state index in [1.54, 1.807) is 0 Å². The number of rotatable bonds is 1. The van der Waals surface area contributed by atoms with E-state index in [1.165, 1.54) is 14.1 Å². The molecule has 92 valence electrons. The molecule has 0 aliphatic rings. The van der Waals surface area contributed by atoms with Crippen molar-refractivity contribution < 1.29 is 0 Å². The topological polar surface area (TPSA) is 147 Å². The number of nitrogens with zero attached hydrogens (tertiary/aromatic N) is 4. The molecule has 0 spiro atoms. The Morgan fingerprint density at radius 1 is 1.18 bits per heavy atom. The summed E-state index contributed by atoms with van der Waals surface area (Å²) in [6, 6.07) is 1.15. The first kappa shape index (κ1) is 12.5. The van der Waals surface area contributed by atoms with Gasteiger partial charge >= 0.3 is 5.69 Å². The highest BCUT2D eigenvalue weighted by atomic mass is 16.2. The molecule has 9 heteroatoms. The van der Waals surface area contributed by atoms with Crippen LogP contribution >= 0.6 is 0 Å². The Bertz CT molecular complexity index is 603. The minimum absolute atomic E-state index is 0.0700. The van der Waals surface area contributed by atoms with E-state index >= 15 is 0 Å². The smallest absolute Gasteiger partial charge is 0.332 e. The molecule has 0 aromatic carbocycles. The lowest BCUT2D eigenvalue weighted by Gasteiger charge is -2.04. The highest BCUT2D eigenvalue weighted by Gasteiger charge is 2.05. The molecule has 1 heterocycles. The molecule has 6 N–H and O–H groups in total. The summed E-state index contributed by atoms with van der Waals surface area (Å²) in [5.41, 5.74) is 14.6. The number of hydrogen-bond acceptors (Lipinski definition) is 3. The van der Waals surface area contributed by atoms with Crippen molar-refractivity contribution in [2.24, 2.45) is 41.3 Å². The molecule has 0 bridgehead atoms. The van der Waals surface area contributed by atoms with Gasteiger partial charge in [0.25, 0.3) is 5.56 Å². The molecule has 1 rings (SSSR count). The lowest BCUT2D eigenvalue weighted by Crippen LogP contribution is -2.36. The Balaban J connectivity index is 3.41. The monoisotopic (exact) mass is 239 g/mol. The molecule has 0 aliphatic carbocycles. The first-order chi connectivity index (χ1) is 7.82. The van der Waals surface area contributed by atoms with Crippen molar-refractivity contribution >= 4 is 17.7 Å². The summed E-state index contributed by atoms with van der Waals surface area (Å²) in [5, 5.41) is 0. The zero-order chi connectivity index (χ0) is 13.2. The van der Waals surface area contributed by atoms with E-state index in [2.05, 4.69) is 9.98 Å². The van der Waals surface area contributed by atoms with Crippen LogP contribution in [-0.4, -0.2) is 21.1 Å². The van der Waals surface area contributed by atoms with Crippen LogP contribution in [0.4, 0.5) is 5.82 Å². The van der Waals surface area contributed by atoms with Crippen molar-refractivity contribution in [2.75, 3.05) is 0 Å². The van der Waals surface area contributed by atoms with Gasteiger partial charge in [-0.25, -0.2) is 4.79 Å². The Morgan fingerprint density at radius 2 is 1.76 bits per heavy atom. The van der Waals surface area contributed by atoms with Crippen LogP contribution in [0.5, 0.6) is 0 Å². The van der Waals surface area contributed by atoms with Gasteiger partial charge in [0.2, 0.25) is 5.96 Å². The SMILES string of the molecule is Cn1c(N=C(N)N=C(N)N)cc(=O)n(C)c1=O. The summed E-state index contributed by atoms with van der Waals surface area (Å²) in [6.07, 6.45) is 0. The van der Waals surface area contributed by atoms with E-state index in [1.807, 2.05) is 0 Å². The molecule has 0 radical (unpaired) electrons. The standard InChI is InChI=1S/C8H13N7O2/c1-14-4(12-7(11)13-6(9)10)3-5(16)15(2)8(14)17/h3H,1-2H3,(H6,9,10,11,12,13). The van der Waals surface area contributed by atoms with E-state index in [4.69, 9.17) is 17.2 Å². The highest BCUT2D eigenvalue weighted by molar-refractivity contribution is 5.93. The third-order valence-corrected chi connectivity index (χ3v) is 1.97. The fourth-order valence-corrected chi connectivity index (χ4v) is 1.10. The maximum Gasteiger partial charge on any atom is 0.332 e. The largest absolute Gasteiger partial charge is 0.370 e. The molecule has 1 aromatic heterocycles. The Hall–Kier alpha value is -2.58. The summed E-state index contributed by atoms with van der Waals surface area (Å²) >= 11 is 0. The van der Waals surface area contributed by atoms with Gasteiger partial charge in [-0.1, -0.05) is 0 Å². The van der Waals surface area contributed by atoms with Crippen LogP contribution in [0.25, 0.3) is 0 Å². The predicted molar refractivity (Wildman–Crippen MR) is 64.0 cm³/mol. The molecule has 0 aliphatic heterocycles. The van der Waals surface area contributed by atoms with Crippen molar-refractivity contribution in [3.63, 3.8) is 0 Å². The molecular formula is C8H13N7O2. The van der Waals surface area contributed by atoms with Gasteiger partial charge in [-0.3, -0.25) is 13.9 Å². The number of aromatic nitrogens is 2. The van der Waals surface area contributed by atoms with Gasteiger partial charge in [0.1, 0.15) is 5.82 Å². The first-order valence-electron chi connectivity index (χ1n) is 4.53. The average Bonchev–Trinajstić information content (AvgIpc) is 2.21. The molecule has 17 heavy (non-hydrogen) atoms. The Kier molecular flexibility index (Phi) is 3.31. The fourth-order valence-electron chi connectivity index (χ4n) is 1.10. The second-order valence-electron chi connectivity index (χ2n) is 3.25. The Labute approximate surface area is 95.9 Å². The summed E-state index contributed by atoms with van der Waals surface area (Å²) < 4.78 is 2.09. The minimum atomic E-state index is -0.520. The maximum atomic E-state index is 11.5.